The van der Waals surface area contributed by atoms with Crippen molar-refractivity contribution in [1.29, 1.82) is 0 Å². The molecule has 30 heavy (non-hydrogen) atoms. The predicted octanol–water partition coefficient (Wildman–Crippen LogP) is 4.39. The summed E-state index contributed by atoms with van der Waals surface area (Å²) in [6, 6.07) is 14.4. The third kappa shape index (κ3) is 7.72. The van der Waals surface area contributed by atoms with Crippen LogP contribution in [0.3, 0.4) is 0 Å². The number of carbonyl (C=O) groups excluding carboxylic acids is 1. The molecule has 0 aliphatic carbocycles. The summed E-state index contributed by atoms with van der Waals surface area (Å²) in [6.45, 7) is 1.49. The Bertz CT molecular complexity index is 776. The lowest BCUT2D eigenvalue weighted by molar-refractivity contribution is -0.116. The third-order valence-corrected chi connectivity index (χ3v) is 5.15. The first-order valence-electron chi connectivity index (χ1n) is 10.4. The number of benzene rings is 2. The Morgan fingerprint density at radius 3 is 2.13 bits per heavy atom. The summed E-state index contributed by atoms with van der Waals surface area (Å²) in [5.41, 5.74) is 2.88. The molecule has 2 aromatic rings. The van der Waals surface area contributed by atoms with Gasteiger partial charge in [0.1, 0.15) is 5.75 Å². The molecule has 0 spiro atoms. The van der Waals surface area contributed by atoms with Gasteiger partial charge in [0.05, 0.1) is 0 Å². The fourth-order valence-corrected chi connectivity index (χ4v) is 3.51. The maximum atomic E-state index is 12.2. The molecule has 1 aliphatic heterocycles. The Hall–Kier alpha value is -2.51. The summed E-state index contributed by atoms with van der Waals surface area (Å²) in [7, 11) is 0. The first-order chi connectivity index (χ1) is 14.6. The number of rotatable bonds is 10. The molecule has 0 radical (unpaired) electrons. The Kier molecular flexibility index (Phi) is 8.59. The molecule has 0 aromatic heterocycles. The molecule has 3 rings (SSSR count). The van der Waals surface area contributed by atoms with Crippen LogP contribution in [0.2, 0.25) is 0 Å². The highest BCUT2D eigenvalue weighted by Gasteiger charge is 2.11. The second kappa shape index (κ2) is 11.6. The van der Waals surface area contributed by atoms with E-state index in [0.29, 0.717) is 19.5 Å². The molecular formula is C23H29F2N3O2. The van der Waals surface area contributed by atoms with Crippen LogP contribution in [0.15, 0.2) is 48.5 Å². The van der Waals surface area contributed by atoms with E-state index in [1.165, 1.54) is 31.4 Å². The second-order valence-electron chi connectivity index (χ2n) is 7.52. The van der Waals surface area contributed by atoms with Crippen LogP contribution >= 0.6 is 0 Å². The zero-order valence-corrected chi connectivity index (χ0v) is 17.1. The molecule has 0 saturated carbocycles. The number of hydrogen-bond donors (Lipinski definition) is 2. The van der Waals surface area contributed by atoms with Crippen LogP contribution in [0, 0.1) is 0 Å². The fourth-order valence-electron chi connectivity index (χ4n) is 3.51. The summed E-state index contributed by atoms with van der Waals surface area (Å²) in [5.74, 6) is 0.202. The van der Waals surface area contributed by atoms with Crippen molar-refractivity contribution in [2.45, 2.75) is 45.4 Å². The van der Waals surface area contributed by atoms with E-state index in [-0.39, 0.29) is 11.7 Å². The summed E-state index contributed by atoms with van der Waals surface area (Å²) in [4.78, 5) is 14.5. The highest BCUT2D eigenvalue weighted by Crippen LogP contribution is 2.15. The zero-order valence-electron chi connectivity index (χ0n) is 17.1. The quantitative estimate of drug-likeness (QED) is 0.602. The van der Waals surface area contributed by atoms with Gasteiger partial charge in [-0.3, -0.25) is 4.79 Å². The largest absolute Gasteiger partial charge is 0.435 e. The van der Waals surface area contributed by atoms with Crippen molar-refractivity contribution in [3.8, 4) is 5.75 Å². The molecular weight excluding hydrogens is 388 g/mol. The number of carbonyl (C=O) groups is 1. The van der Waals surface area contributed by atoms with Crippen LogP contribution in [0.1, 0.15) is 36.8 Å². The molecule has 0 atom stereocenters. The second-order valence-corrected chi connectivity index (χ2v) is 7.52. The molecule has 1 fully saturated rings. The van der Waals surface area contributed by atoms with Crippen LogP contribution in [-0.2, 0) is 17.9 Å². The third-order valence-electron chi connectivity index (χ3n) is 5.15. The number of nitrogens with one attached hydrogen (secondary N) is 2. The summed E-state index contributed by atoms with van der Waals surface area (Å²) in [6.07, 6.45) is 4.28. The number of amides is 1. The van der Waals surface area contributed by atoms with Gasteiger partial charge in [-0.25, -0.2) is 0 Å². The normalized spacial score (nSPS) is 14.6. The van der Waals surface area contributed by atoms with Crippen molar-refractivity contribution in [3.05, 3.63) is 59.7 Å². The molecule has 2 aromatic carbocycles. The fraction of sp³-hybridized carbons (Fsp3) is 0.435. The molecule has 1 amide bonds. The summed E-state index contributed by atoms with van der Waals surface area (Å²) in [5, 5.41) is 6.27. The zero-order chi connectivity index (χ0) is 21.2. The lowest BCUT2D eigenvalue weighted by Gasteiger charge is -2.25. The highest BCUT2D eigenvalue weighted by atomic mass is 19.3. The van der Waals surface area contributed by atoms with E-state index in [4.69, 9.17) is 0 Å². The van der Waals surface area contributed by atoms with Gasteiger partial charge in [0.2, 0.25) is 5.91 Å². The van der Waals surface area contributed by atoms with E-state index >= 15 is 0 Å². The van der Waals surface area contributed by atoms with E-state index in [0.717, 1.165) is 36.4 Å². The molecule has 1 heterocycles. The number of halogens is 2. The van der Waals surface area contributed by atoms with Crippen LogP contribution in [-0.4, -0.2) is 37.1 Å². The molecule has 0 bridgehead atoms. The van der Waals surface area contributed by atoms with Gasteiger partial charge in [-0.2, -0.15) is 8.78 Å². The van der Waals surface area contributed by atoms with Gasteiger partial charge in [-0.1, -0.05) is 30.7 Å². The highest BCUT2D eigenvalue weighted by molar-refractivity contribution is 5.90. The molecule has 7 heteroatoms. The summed E-state index contributed by atoms with van der Waals surface area (Å²) >= 11 is 0. The van der Waals surface area contributed by atoms with Crippen molar-refractivity contribution in [1.82, 2.24) is 10.2 Å². The van der Waals surface area contributed by atoms with E-state index in [1.807, 2.05) is 24.3 Å². The molecule has 162 valence electrons. The minimum Gasteiger partial charge on any atom is -0.435 e. The Morgan fingerprint density at radius 2 is 1.53 bits per heavy atom. The molecule has 2 N–H and O–H groups in total. The first kappa shape index (κ1) is 22.2. The van der Waals surface area contributed by atoms with Crippen LogP contribution in [0.5, 0.6) is 5.75 Å². The predicted molar refractivity (Wildman–Crippen MR) is 114 cm³/mol. The Balaban J connectivity index is 1.36. The van der Waals surface area contributed by atoms with Crippen LogP contribution < -0.4 is 15.4 Å². The topological polar surface area (TPSA) is 53.6 Å². The van der Waals surface area contributed by atoms with E-state index in [9.17, 15) is 13.6 Å². The van der Waals surface area contributed by atoms with Gasteiger partial charge in [-0.15, -0.1) is 0 Å². The number of anilines is 1. The Morgan fingerprint density at radius 1 is 0.933 bits per heavy atom. The maximum absolute atomic E-state index is 12.2. The van der Waals surface area contributed by atoms with Gasteiger partial charge in [-0.05, 0) is 61.3 Å². The molecule has 1 aliphatic rings. The van der Waals surface area contributed by atoms with Crippen molar-refractivity contribution in [3.63, 3.8) is 0 Å². The van der Waals surface area contributed by atoms with Crippen molar-refractivity contribution in [2.75, 3.05) is 25.0 Å². The maximum Gasteiger partial charge on any atom is 0.387 e. The molecule has 0 unspecified atom stereocenters. The average molecular weight is 418 g/mol. The average Bonchev–Trinajstić information content (AvgIpc) is 2.75. The van der Waals surface area contributed by atoms with Gasteiger partial charge < -0.3 is 20.3 Å². The summed E-state index contributed by atoms with van der Waals surface area (Å²) < 4.78 is 28.7. The van der Waals surface area contributed by atoms with Crippen molar-refractivity contribution in [2.24, 2.45) is 0 Å². The lowest BCUT2D eigenvalue weighted by Crippen LogP contribution is -2.32. The number of alkyl halides is 2. The molecule has 5 nitrogen and oxygen atoms in total. The van der Waals surface area contributed by atoms with E-state index in [1.54, 1.807) is 12.1 Å². The minimum absolute atomic E-state index is 0.0470. The number of ether oxygens (including phenoxy) is 1. The van der Waals surface area contributed by atoms with E-state index in [2.05, 4.69) is 20.3 Å². The number of likely N-dealkylation sites (tertiary alicyclic amines) is 1. The van der Waals surface area contributed by atoms with Gasteiger partial charge in [0.15, 0.2) is 0 Å². The number of hydrogen-bond acceptors (Lipinski definition) is 4. The first-order valence-corrected chi connectivity index (χ1v) is 10.4. The minimum atomic E-state index is -2.81. The van der Waals surface area contributed by atoms with Crippen molar-refractivity contribution >= 4 is 11.6 Å². The van der Waals surface area contributed by atoms with Crippen LogP contribution in [0.25, 0.3) is 0 Å². The number of nitrogens with zero attached hydrogens (tertiary/aromatic N) is 1. The SMILES string of the molecule is O=C(CCN1CCCCC1)Nc1ccc(CNCc2ccc(OC(F)F)cc2)cc1. The molecule has 1 saturated heterocycles. The van der Waals surface area contributed by atoms with Crippen molar-refractivity contribution < 1.29 is 18.3 Å². The van der Waals surface area contributed by atoms with Gasteiger partial charge >= 0.3 is 6.61 Å². The lowest BCUT2D eigenvalue weighted by atomic mass is 10.1. The standard InChI is InChI=1S/C23H29F2N3O2/c24-23(25)30-21-10-6-19(7-11-21)17-26-16-18-4-8-20(9-5-18)27-22(29)12-15-28-13-2-1-3-14-28/h4-11,23,26H,1-3,12-17H2,(H,27,29). The van der Waals surface area contributed by atoms with E-state index < -0.39 is 6.61 Å². The monoisotopic (exact) mass is 417 g/mol. The number of piperidine rings is 1. The van der Waals surface area contributed by atoms with Gasteiger partial charge in [0.25, 0.3) is 0 Å². The van der Waals surface area contributed by atoms with Crippen LogP contribution in [0.4, 0.5) is 14.5 Å². The Labute approximate surface area is 176 Å². The van der Waals surface area contributed by atoms with Gasteiger partial charge in [0, 0.05) is 31.7 Å². The smallest absolute Gasteiger partial charge is 0.387 e.